The first-order chi connectivity index (χ1) is 7.59. The average Bonchev–Trinajstić information content (AvgIpc) is 2.67. The van der Waals surface area contributed by atoms with E-state index < -0.39 is 0 Å². The van der Waals surface area contributed by atoms with Gasteiger partial charge in [0.15, 0.2) is 0 Å². The number of carbonyl (C=O) groups is 1. The van der Waals surface area contributed by atoms with Crippen molar-refractivity contribution in [3.63, 3.8) is 0 Å². The maximum absolute atomic E-state index is 12.3. The van der Waals surface area contributed by atoms with Crippen LogP contribution in [0.5, 0.6) is 0 Å². The molecule has 1 amide bonds. The van der Waals surface area contributed by atoms with Crippen molar-refractivity contribution in [1.29, 1.82) is 0 Å². The van der Waals surface area contributed by atoms with Gasteiger partial charge in [-0.3, -0.25) is 4.79 Å². The fourth-order valence-corrected chi connectivity index (χ4v) is 2.97. The predicted molar refractivity (Wildman–Crippen MR) is 67.3 cm³/mol. The van der Waals surface area contributed by atoms with E-state index in [1.54, 1.807) is 6.07 Å². The lowest BCUT2D eigenvalue weighted by Gasteiger charge is -2.37. The normalized spacial score (nSPS) is 25.8. The van der Waals surface area contributed by atoms with E-state index >= 15 is 0 Å². The summed E-state index contributed by atoms with van der Waals surface area (Å²) in [5.74, 6) is 0.0563. The van der Waals surface area contributed by atoms with Crippen LogP contribution in [0.3, 0.4) is 0 Å². The lowest BCUT2D eigenvalue weighted by molar-refractivity contribution is 0.0621. The summed E-state index contributed by atoms with van der Waals surface area (Å²) in [6.45, 7) is 5.73. The number of hydrogen-bond acceptors (Lipinski definition) is 3. The Morgan fingerprint density at radius 2 is 2.38 bits per heavy atom. The molecule has 2 heterocycles. The van der Waals surface area contributed by atoms with Gasteiger partial charge in [0.05, 0.1) is 5.02 Å². The SMILES string of the molecule is CC1CN(C(=O)c2sccc2Cl)C(C)CN1. The van der Waals surface area contributed by atoms with Gasteiger partial charge in [0.25, 0.3) is 5.91 Å². The van der Waals surface area contributed by atoms with E-state index in [-0.39, 0.29) is 11.9 Å². The zero-order valence-corrected chi connectivity index (χ0v) is 10.9. The molecule has 0 radical (unpaired) electrons. The first-order valence-electron chi connectivity index (χ1n) is 5.37. The third-order valence-corrected chi connectivity index (χ3v) is 4.17. The molecule has 5 heteroatoms. The minimum atomic E-state index is 0.0563. The summed E-state index contributed by atoms with van der Waals surface area (Å²) in [6, 6.07) is 2.34. The standard InChI is InChI=1S/C11H15ClN2OS/c1-7-6-14(8(2)5-13-7)11(15)10-9(12)3-4-16-10/h3-4,7-8,13H,5-6H2,1-2H3. The first kappa shape index (κ1) is 11.9. The van der Waals surface area contributed by atoms with Crippen molar-refractivity contribution in [2.75, 3.05) is 13.1 Å². The fraction of sp³-hybridized carbons (Fsp3) is 0.545. The molecular formula is C11H15ClN2OS. The molecule has 88 valence electrons. The van der Waals surface area contributed by atoms with Gasteiger partial charge in [-0.1, -0.05) is 11.6 Å². The molecule has 3 nitrogen and oxygen atoms in total. The van der Waals surface area contributed by atoms with Crippen LogP contribution in [0.1, 0.15) is 23.5 Å². The van der Waals surface area contributed by atoms with Crippen LogP contribution in [-0.4, -0.2) is 36.0 Å². The number of carbonyl (C=O) groups excluding carboxylic acids is 1. The quantitative estimate of drug-likeness (QED) is 0.838. The van der Waals surface area contributed by atoms with Gasteiger partial charge in [0.2, 0.25) is 0 Å². The van der Waals surface area contributed by atoms with Crippen LogP contribution in [0.25, 0.3) is 0 Å². The largest absolute Gasteiger partial charge is 0.332 e. The van der Waals surface area contributed by atoms with Crippen molar-refractivity contribution in [3.05, 3.63) is 21.3 Å². The molecule has 1 aliphatic rings. The first-order valence-corrected chi connectivity index (χ1v) is 6.62. The van der Waals surface area contributed by atoms with Gasteiger partial charge in [-0.2, -0.15) is 0 Å². The Bertz CT molecular complexity index is 393. The van der Waals surface area contributed by atoms with Crippen LogP contribution in [0, 0.1) is 0 Å². The molecule has 1 N–H and O–H groups in total. The monoisotopic (exact) mass is 258 g/mol. The van der Waals surface area contributed by atoms with E-state index in [2.05, 4.69) is 19.2 Å². The van der Waals surface area contributed by atoms with Crippen molar-refractivity contribution in [2.24, 2.45) is 0 Å². The maximum Gasteiger partial charge on any atom is 0.265 e. The molecule has 0 aliphatic carbocycles. The summed E-state index contributed by atoms with van der Waals surface area (Å²) in [5, 5.41) is 5.77. The summed E-state index contributed by atoms with van der Waals surface area (Å²) in [5.41, 5.74) is 0. The van der Waals surface area contributed by atoms with E-state index in [0.29, 0.717) is 15.9 Å². The van der Waals surface area contributed by atoms with Gasteiger partial charge in [-0.25, -0.2) is 0 Å². The Morgan fingerprint density at radius 3 is 3.00 bits per heavy atom. The van der Waals surface area contributed by atoms with Gasteiger partial charge in [0.1, 0.15) is 4.88 Å². The summed E-state index contributed by atoms with van der Waals surface area (Å²) in [6.07, 6.45) is 0. The molecule has 1 saturated heterocycles. The molecule has 1 fully saturated rings. The molecule has 2 unspecified atom stereocenters. The molecule has 0 bridgehead atoms. The second-order valence-electron chi connectivity index (χ2n) is 4.21. The van der Waals surface area contributed by atoms with Crippen molar-refractivity contribution in [3.8, 4) is 0 Å². The number of halogens is 1. The Kier molecular flexibility index (Phi) is 3.52. The Hall–Kier alpha value is -0.580. The molecule has 2 rings (SSSR count). The molecular weight excluding hydrogens is 244 g/mol. The van der Waals surface area contributed by atoms with Crippen LogP contribution >= 0.6 is 22.9 Å². The van der Waals surface area contributed by atoms with Gasteiger partial charge < -0.3 is 10.2 Å². The second-order valence-corrected chi connectivity index (χ2v) is 5.54. The van der Waals surface area contributed by atoms with Gasteiger partial charge in [-0.05, 0) is 25.3 Å². The van der Waals surface area contributed by atoms with Gasteiger partial charge in [0, 0.05) is 25.2 Å². The van der Waals surface area contributed by atoms with E-state index in [1.807, 2.05) is 10.3 Å². The number of rotatable bonds is 1. The molecule has 1 aromatic heterocycles. The highest BCUT2D eigenvalue weighted by Crippen LogP contribution is 2.25. The average molecular weight is 259 g/mol. The Morgan fingerprint density at radius 1 is 1.62 bits per heavy atom. The highest BCUT2D eigenvalue weighted by atomic mass is 35.5. The third kappa shape index (κ3) is 2.24. The van der Waals surface area contributed by atoms with Crippen molar-refractivity contribution < 1.29 is 4.79 Å². The van der Waals surface area contributed by atoms with Crippen molar-refractivity contribution in [2.45, 2.75) is 25.9 Å². The van der Waals surface area contributed by atoms with E-state index in [0.717, 1.165) is 13.1 Å². The minimum absolute atomic E-state index is 0.0563. The molecule has 0 aromatic carbocycles. The zero-order valence-electron chi connectivity index (χ0n) is 9.37. The molecule has 1 aliphatic heterocycles. The minimum Gasteiger partial charge on any atom is -0.332 e. The number of nitrogens with zero attached hydrogens (tertiary/aromatic N) is 1. The summed E-state index contributed by atoms with van der Waals surface area (Å²) >= 11 is 7.40. The van der Waals surface area contributed by atoms with E-state index in [9.17, 15) is 4.79 Å². The molecule has 2 atom stereocenters. The lowest BCUT2D eigenvalue weighted by Crippen LogP contribution is -2.56. The van der Waals surface area contributed by atoms with Gasteiger partial charge >= 0.3 is 0 Å². The molecule has 0 spiro atoms. The highest BCUT2D eigenvalue weighted by Gasteiger charge is 2.28. The topological polar surface area (TPSA) is 32.3 Å². The summed E-state index contributed by atoms with van der Waals surface area (Å²) in [7, 11) is 0. The Labute approximate surface area is 104 Å². The van der Waals surface area contributed by atoms with Gasteiger partial charge in [-0.15, -0.1) is 11.3 Å². The number of thiophene rings is 1. The molecule has 1 aromatic rings. The highest BCUT2D eigenvalue weighted by molar-refractivity contribution is 7.12. The van der Waals surface area contributed by atoms with E-state index in [4.69, 9.17) is 11.6 Å². The predicted octanol–water partition coefficient (Wildman–Crippen LogP) is 2.22. The smallest absolute Gasteiger partial charge is 0.265 e. The molecule has 0 saturated carbocycles. The number of piperazine rings is 1. The Balaban J connectivity index is 2.18. The summed E-state index contributed by atoms with van der Waals surface area (Å²) < 4.78 is 0. The van der Waals surface area contributed by atoms with Crippen LogP contribution in [0.15, 0.2) is 11.4 Å². The van der Waals surface area contributed by atoms with E-state index in [1.165, 1.54) is 11.3 Å². The van der Waals surface area contributed by atoms with Crippen molar-refractivity contribution >= 4 is 28.8 Å². The second kappa shape index (κ2) is 4.73. The zero-order chi connectivity index (χ0) is 11.7. The maximum atomic E-state index is 12.3. The van der Waals surface area contributed by atoms with Crippen LogP contribution in [0.2, 0.25) is 5.02 Å². The number of nitrogens with one attached hydrogen (secondary N) is 1. The third-order valence-electron chi connectivity index (χ3n) is 2.84. The number of hydrogen-bond donors (Lipinski definition) is 1. The van der Waals surface area contributed by atoms with Crippen LogP contribution < -0.4 is 5.32 Å². The van der Waals surface area contributed by atoms with Crippen LogP contribution in [0.4, 0.5) is 0 Å². The lowest BCUT2D eigenvalue weighted by atomic mass is 10.1. The molecule has 16 heavy (non-hydrogen) atoms. The summed E-state index contributed by atoms with van der Waals surface area (Å²) in [4.78, 5) is 14.8. The number of amides is 1. The fourth-order valence-electron chi connectivity index (χ4n) is 1.88. The van der Waals surface area contributed by atoms with Crippen molar-refractivity contribution in [1.82, 2.24) is 10.2 Å². The van der Waals surface area contributed by atoms with Crippen LogP contribution in [-0.2, 0) is 0 Å².